The lowest BCUT2D eigenvalue weighted by atomic mass is 10.2. The maximum atomic E-state index is 5.97. The second-order valence-corrected chi connectivity index (χ2v) is 5.13. The molecule has 1 aromatic carbocycles. The molecule has 0 aliphatic carbocycles. The molecule has 0 spiro atoms. The molecule has 0 unspecified atom stereocenters. The molecule has 21 heavy (non-hydrogen) atoms. The summed E-state index contributed by atoms with van der Waals surface area (Å²) in [5.41, 5.74) is 1.07. The third-order valence-electron chi connectivity index (χ3n) is 2.70. The summed E-state index contributed by atoms with van der Waals surface area (Å²) in [6, 6.07) is 7.68. The van der Waals surface area contributed by atoms with Gasteiger partial charge in [0.1, 0.15) is 0 Å². The summed E-state index contributed by atoms with van der Waals surface area (Å²) < 4.78 is 0. The molecule has 0 aliphatic heterocycles. The van der Waals surface area contributed by atoms with E-state index in [1.807, 2.05) is 50.2 Å². The van der Waals surface area contributed by atoms with Gasteiger partial charge in [0, 0.05) is 32.2 Å². The van der Waals surface area contributed by atoms with Crippen LogP contribution in [0.3, 0.4) is 0 Å². The number of nitrogens with zero attached hydrogens (tertiary/aromatic N) is 4. The topological polar surface area (TPSA) is 66.0 Å². The minimum absolute atomic E-state index is 0.532. The summed E-state index contributed by atoms with van der Waals surface area (Å²) in [7, 11) is 3.79. The second-order valence-electron chi connectivity index (χ2n) is 4.69. The average Bonchev–Trinajstić information content (AvgIpc) is 2.45. The lowest BCUT2D eigenvalue weighted by Gasteiger charge is -2.13. The van der Waals surface area contributed by atoms with Crippen molar-refractivity contribution < 1.29 is 0 Å². The summed E-state index contributed by atoms with van der Waals surface area (Å²) in [6.45, 7) is 3.35. The number of halogens is 1. The summed E-state index contributed by atoms with van der Waals surface area (Å²) in [5, 5.41) is 7.01. The maximum Gasteiger partial charge on any atom is 0.231 e. The van der Waals surface area contributed by atoms with Crippen molar-refractivity contribution in [3.8, 4) is 0 Å². The van der Waals surface area contributed by atoms with Crippen LogP contribution in [0.25, 0.3) is 0 Å². The molecule has 0 saturated carbocycles. The van der Waals surface area contributed by atoms with Crippen LogP contribution in [0.15, 0.2) is 24.3 Å². The van der Waals surface area contributed by atoms with Crippen molar-refractivity contribution in [2.24, 2.45) is 0 Å². The Hall–Kier alpha value is -2.08. The van der Waals surface area contributed by atoms with E-state index in [4.69, 9.17) is 11.6 Å². The minimum Gasteiger partial charge on any atom is -0.354 e. The summed E-state index contributed by atoms with van der Waals surface area (Å²) in [5.74, 6) is 1.70. The van der Waals surface area contributed by atoms with Crippen molar-refractivity contribution in [1.29, 1.82) is 0 Å². The van der Waals surface area contributed by atoms with Gasteiger partial charge in [-0.25, -0.2) is 0 Å². The predicted octanol–water partition coefficient (Wildman–Crippen LogP) is 2.63. The molecule has 2 rings (SSSR count). The Bertz CT molecular complexity index is 602. The zero-order valence-corrected chi connectivity index (χ0v) is 13.1. The van der Waals surface area contributed by atoms with Gasteiger partial charge in [-0.1, -0.05) is 23.7 Å². The van der Waals surface area contributed by atoms with E-state index in [0.717, 1.165) is 12.1 Å². The Morgan fingerprint density at radius 2 is 1.81 bits per heavy atom. The fourth-order valence-corrected chi connectivity index (χ4v) is 1.92. The second kappa shape index (κ2) is 7.08. The summed E-state index contributed by atoms with van der Waals surface area (Å²) >= 11 is 5.97. The number of nitrogens with one attached hydrogen (secondary N) is 2. The number of benzene rings is 1. The van der Waals surface area contributed by atoms with Crippen molar-refractivity contribution in [2.75, 3.05) is 36.2 Å². The molecule has 0 amide bonds. The molecule has 0 bridgehead atoms. The number of rotatable bonds is 6. The number of hydrogen-bond donors (Lipinski definition) is 2. The first-order valence-corrected chi connectivity index (χ1v) is 7.12. The molecule has 6 nitrogen and oxygen atoms in total. The lowest BCUT2D eigenvalue weighted by Crippen LogP contribution is -2.17. The van der Waals surface area contributed by atoms with Gasteiger partial charge in [-0.15, -0.1) is 0 Å². The van der Waals surface area contributed by atoms with Crippen molar-refractivity contribution in [2.45, 2.75) is 13.5 Å². The third kappa shape index (κ3) is 4.46. The van der Waals surface area contributed by atoms with Gasteiger partial charge in [0.2, 0.25) is 17.8 Å². The quantitative estimate of drug-likeness (QED) is 0.855. The van der Waals surface area contributed by atoms with Gasteiger partial charge in [-0.2, -0.15) is 15.0 Å². The van der Waals surface area contributed by atoms with Gasteiger partial charge in [0.05, 0.1) is 0 Å². The van der Waals surface area contributed by atoms with E-state index in [9.17, 15) is 0 Å². The average molecular weight is 307 g/mol. The van der Waals surface area contributed by atoms with Crippen LogP contribution in [0.5, 0.6) is 0 Å². The first-order chi connectivity index (χ1) is 10.1. The molecule has 7 heteroatoms. The van der Waals surface area contributed by atoms with E-state index in [0.29, 0.717) is 29.4 Å². The SMILES string of the molecule is CCNc1nc(NCc2cccc(Cl)c2)nc(N(C)C)n1. The smallest absolute Gasteiger partial charge is 0.231 e. The van der Waals surface area contributed by atoms with Gasteiger partial charge >= 0.3 is 0 Å². The van der Waals surface area contributed by atoms with Crippen LogP contribution >= 0.6 is 11.6 Å². The van der Waals surface area contributed by atoms with Crippen LogP contribution < -0.4 is 15.5 Å². The molecule has 0 fully saturated rings. The third-order valence-corrected chi connectivity index (χ3v) is 2.93. The predicted molar refractivity (Wildman–Crippen MR) is 87.1 cm³/mol. The normalized spacial score (nSPS) is 10.3. The highest BCUT2D eigenvalue weighted by molar-refractivity contribution is 6.30. The molecular formula is C14H19ClN6. The molecule has 0 radical (unpaired) electrons. The first kappa shape index (κ1) is 15.3. The van der Waals surface area contributed by atoms with Gasteiger partial charge in [0.15, 0.2) is 0 Å². The van der Waals surface area contributed by atoms with E-state index in [-0.39, 0.29) is 0 Å². The molecule has 0 atom stereocenters. The van der Waals surface area contributed by atoms with Gasteiger partial charge < -0.3 is 15.5 Å². The molecular weight excluding hydrogens is 288 g/mol. The Kier molecular flexibility index (Phi) is 5.16. The van der Waals surface area contributed by atoms with E-state index < -0.39 is 0 Å². The molecule has 2 N–H and O–H groups in total. The van der Waals surface area contributed by atoms with Crippen LogP contribution in [-0.2, 0) is 6.54 Å². The van der Waals surface area contributed by atoms with Crippen LogP contribution in [0.4, 0.5) is 17.8 Å². The number of aromatic nitrogens is 3. The number of hydrogen-bond acceptors (Lipinski definition) is 6. The maximum absolute atomic E-state index is 5.97. The van der Waals surface area contributed by atoms with Crippen molar-refractivity contribution in [1.82, 2.24) is 15.0 Å². The van der Waals surface area contributed by atoms with Crippen molar-refractivity contribution in [3.63, 3.8) is 0 Å². The van der Waals surface area contributed by atoms with Crippen LogP contribution in [0.2, 0.25) is 5.02 Å². The van der Waals surface area contributed by atoms with Gasteiger partial charge in [-0.05, 0) is 24.6 Å². The molecule has 1 heterocycles. The lowest BCUT2D eigenvalue weighted by molar-refractivity contribution is 0.936. The highest BCUT2D eigenvalue weighted by Crippen LogP contribution is 2.14. The van der Waals surface area contributed by atoms with Gasteiger partial charge in [0.25, 0.3) is 0 Å². The Labute approximate surface area is 129 Å². The van der Waals surface area contributed by atoms with E-state index in [1.54, 1.807) is 0 Å². The van der Waals surface area contributed by atoms with Crippen LogP contribution in [0, 0.1) is 0 Å². The minimum atomic E-state index is 0.532. The van der Waals surface area contributed by atoms with Gasteiger partial charge in [-0.3, -0.25) is 0 Å². The van der Waals surface area contributed by atoms with Crippen LogP contribution in [0.1, 0.15) is 12.5 Å². The fraction of sp³-hybridized carbons (Fsp3) is 0.357. The highest BCUT2D eigenvalue weighted by Gasteiger charge is 2.07. The number of anilines is 3. The highest BCUT2D eigenvalue weighted by atomic mass is 35.5. The summed E-state index contributed by atoms with van der Waals surface area (Å²) in [4.78, 5) is 14.9. The van der Waals surface area contributed by atoms with E-state index >= 15 is 0 Å². The van der Waals surface area contributed by atoms with E-state index in [2.05, 4.69) is 25.6 Å². The zero-order valence-electron chi connectivity index (χ0n) is 12.4. The van der Waals surface area contributed by atoms with Crippen molar-refractivity contribution in [3.05, 3.63) is 34.9 Å². The van der Waals surface area contributed by atoms with Crippen LogP contribution in [-0.4, -0.2) is 35.6 Å². The Morgan fingerprint density at radius 3 is 2.43 bits per heavy atom. The molecule has 0 saturated heterocycles. The Morgan fingerprint density at radius 1 is 1.10 bits per heavy atom. The fourth-order valence-electron chi connectivity index (χ4n) is 1.71. The molecule has 2 aromatic rings. The van der Waals surface area contributed by atoms with Crippen molar-refractivity contribution >= 4 is 29.4 Å². The molecule has 112 valence electrons. The first-order valence-electron chi connectivity index (χ1n) is 6.74. The zero-order chi connectivity index (χ0) is 15.2. The monoisotopic (exact) mass is 306 g/mol. The van der Waals surface area contributed by atoms with E-state index in [1.165, 1.54) is 0 Å². The molecule has 1 aromatic heterocycles. The largest absolute Gasteiger partial charge is 0.354 e. The molecule has 0 aliphatic rings. The standard InChI is InChI=1S/C14H19ClN6/c1-4-16-12-18-13(20-14(19-12)21(2)3)17-9-10-6-5-7-11(15)8-10/h5-8H,4,9H2,1-3H3,(H2,16,17,18,19,20). The summed E-state index contributed by atoms with van der Waals surface area (Å²) in [6.07, 6.45) is 0. The Balaban J connectivity index is 2.14.